The van der Waals surface area contributed by atoms with Gasteiger partial charge in [-0.1, -0.05) is 6.58 Å². The second-order valence-corrected chi connectivity index (χ2v) is 1.52. The van der Waals surface area contributed by atoms with Crippen LogP contribution in [0.4, 0.5) is 0 Å². The Bertz CT molecular complexity index is 53.9. The van der Waals surface area contributed by atoms with Gasteiger partial charge < -0.3 is 5.40 Å². The quantitative estimate of drug-likeness (QED) is 0.331. The Balaban J connectivity index is 2.93. The van der Waals surface area contributed by atoms with Gasteiger partial charge in [-0.25, -0.2) is 0 Å². The Kier molecular flexibility index (Phi) is 3.47. The van der Waals surface area contributed by atoms with Crippen molar-refractivity contribution in [3.63, 3.8) is 0 Å². The molecule has 0 saturated carbocycles. The topological polar surface area (TPSA) is 26.0 Å². The van der Waals surface area contributed by atoms with Gasteiger partial charge in [0.25, 0.3) is 0 Å². The van der Waals surface area contributed by atoms with Crippen LogP contribution in [0.1, 0.15) is 0 Å². The SMILES string of the molecule is C=C=C[SiH2]N. The molecule has 0 aliphatic heterocycles. The van der Waals surface area contributed by atoms with Gasteiger partial charge in [0, 0.05) is 0 Å². The van der Waals surface area contributed by atoms with E-state index in [0.717, 1.165) is 0 Å². The average Bonchev–Trinajstić information content (AvgIpc) is 1.41. The fourth-order valence-corrected chi connectivity index (χ4v) is 0.250. The van der Waals surface area contributed by atoms with Crippen molar-refractivity contribution in [3.05, 3.63) is 18.0 Å². The van der Waals surface area contributed by atoms with E-state index in [1.54, 1.807) is 5.70 Å². The molecule has 0 aromatic heterocycles. The Morgan fingerprint density at radius 2 is 2.60 bits per heavy atom. The maximum absolute atomic E-state index is 5.12. The van der Waals surface area contributed by atoms with Crippen molar-refractivity contribution in [3.8, 4) is 0 Å². The van der Waals surface area contributed by atoms with E-state index in [4.69, 9.17) is 5.40 Å². The van der Waals surface area contributed by atoms with Gasteiger partial charge in [0.15, 0.2) is 0 Å². The molecule has 0 bridgehead atoms. The third kappa shape index (κ3) is 3.70. The molecule has 0 spiro atoms. The largest absolute Gasteiger partial charge is 0.352 e. The highest BCUT2D eigenvalue weighted by atomic mass is 28.2. The van der Waals surface area contributed by atoms with Crippen LogP contribution in [0.3, 0.4) is 0 Å². The minimum Gasteiger partial charge on any atom is -0.352 e. The van der Waals surface area contributed by atoms with Gasteiger partial charge in [-0.05, 0) is 5.70 Å². The highest BCUT2D eigenvalue weighted by Gasteiger charge is 1.51. The molecule has 0 heterocycles. The lowest BCUT2D eigenvalue weighted by molar-refractivity contribution is 1.93. The van der Waals surface area contributed by atoms with Crippen LogP contribution in [0.25, 0.3) is 0 Å². The second kappa shape index (κ2) is 3.70. The summed E-state index contributed by atoms with van der Waals surface area (Å²) in [5.74, 6) is 0. The zero-order valence-electron chi connectivity index (χ0n) is 3.07. The monoisotopic (exact) mass is 85.0 g/mol. The van der Waals surface area contributed by atoms with Crippen molar-refractivity contribution in [1.82, 2.24) is 0 Å². The summed E-state index contributed by atoms with van der Waals surface area (Å²) >= 11 is 0. The van der Waals surface area contributed by atoms with E-state index in [2.05, 4.69) is 12.3 Å². The van der Waals surface area contributed by atoms with E-state index >= 15 is 0 Å². The Morgan fingerprint density at radius 1 is 2.00 bits per heavy atom. The highest BCUT2D eigenvalue weighted by Crippen LogP contribution is 1.43. The summed E-state index contributed by atoms with van der Waals surface area (Å²) < 4.78 is 0. The summed E-state index contributed by atoms with van der Waals surface area (Å²) in [4.78, 5) is 0. The van der Waals surface area contributed by atoms with Crippen molar-refractivity contribution < 1.29 is 0 Å². The molecule has 0 aromatic rings. The number of nitrogens with two attached hydrogens (primary N) is 1. The van der Waals surface area contributed by atoms with Crippen molar-refractivity contribution in [2.45, 2.75) is 0 Å². The molecule has 0 amide bonds. The molecular formula is C3H7NSi. The van der Waals surface area contributed by atoms with Crippen LogP contribution in [-0.4, -0.2) is 9.68 Å². The fourth-order valence-electron chi connectivity index (χ4n) is 0.0833. The van der Waals surface area contributed by atoms with Crippen molar-refractivity contribution in [1.29, 1.82) is 0 Å². The lowest BCUT2D eigenvalue weighted by Crippen LogP contribution is -1.97. The van der Waals surface area contributed by atoms with Crippen LogP contribution < -0.4 is 5.40 Å². The highest BCUT2D eigenvalue weighted by molar-refractivity contribution is 6.37. The summed E-state index contributed by atoms with van der Waals surface area (Å²) in [7, 11) is -0.385. The molecule has 0 saturated heterocycles. The van der Waals surface area contributed by atoms with E-state index in [1.165, 1.54) is 0 Å². The normalized spacial score (nSPS) is 8.20. The molecule has 0 atom stereocenters. The minimum absolute atomic E-state index is 0.385. The van der Waals surface area contributed by atoms with Gasteiger partial charge in [-0.3, -0.25) is 0 Å². The predicted molar refractivity (Wildman–Crippen MR) is 26.4 cm³/mol. The van der Waals surface area contributed by atoms with Crippen molar-refractivity contribution in [2.75, 3.05) is 0 Å². The molecule has 0 unspecified atom stereocenters. The van der Waals surface area contributed by atoms with Crippen LogP contribution in [-0.2, 0) is 0 Å². The van der Waals surface area contributed by atoms with Crippen LogP contribution in [0, 0.1) is 0 Å². The van der Waals surface area contributed by atoms with Crippen LogP contribution >= 0.6 is 0 Å². The summed E-state index contributed by atoms with van der Waals surface area (Å²) in [5, 5.41) is 5.12. The zero-order valence-corrected chi connectivity index (χ0v) is 4.48. The summed E-state index contributed by atoms with van der Waals surface area (Å²) in [6, 6.07) is 0. The Hall–Kier alpha value is -0.303. The maximum Gasteiger partial charge on any atom is 0.122 e. The first-order valence-corrected chi connectivity index (χ1v) is 3.09. The van der Waals surface area contributed by atoms with Gasteiger partial charge >= 0.3 is 0 Å². The van der Waals surface area contributed by atoms with Gasteiger partial charge in [0.05, 0.1) is 0 Å². The molecule has 2 N–H and O–H groups in total. The first-order valence-electron chi connectivity index (χ1n) is 1.46. The van der Waals surface area contributed by atoms with E-state index < -0.39 is 0 Å². The summed E-state index contributed by atoms with van der Waals surface area (Å²) in [6.45, 7) is 3.32. The number of rotatable bonds is 1. The van der Waals surface area contributed by atoms with Crippen molar-refractivity contribution in [2.24, 2.45) is 5.40 Å². The number of hydrogen-bond acceptors (Lipinski definition) is 1. The Morgan fingerprint density at radius 3 is 2.60 bits per heavy atom. The van der Waals surface area contributed by atoms with Gasteiger partial charge in [-0.2, -0.15) is 0 Å². The molecule has 0 aromatic carbocycles. The minimum atomic E-state index is -0.385. The molecule has 0 aliphatic carbocycles. The first kappa shape index (κ1) is 4.70. The fraction of sp³-hybridized carbons (Fsp3) is 0. The van der Waals surface area contributed by atoms with E-state index in [0.29, 0.717) is 0 Å². The summed E-state index contributed by atoms with van der Waals surface area (Å²) in [5.41, 5.74) is 4.38. The lowest BCUT2D eigenvalue weighted by Gasteiger charge is -1.59. The maximum atomic E-state index is 5.12. The molecule has 5 heavy (non-hydrogen) atoms. The standard InChI is InChI=1S/C3H7NSi/c1-2-3-5-4/h3H,1,4-5H2. The van der Waals surface area contributed by atoms with Crippen LogP contribution in [0.2, 0.25) is 0 Å². The third-order valence-electron chi connectivity index (χ3n) is 0.262. The lowest BCUT2D eigenvalue weighted by atomic mass is 11.0. The van der Waals surface area contributed by atoms with Crippen molar-refractivity contribution >= 4 is 9.68 Å². The average molecular weight is 85.2 g/mol. The summed E-state index contributed by atoms with van der Waals surface area (Å²) in [6.07, 6.45) is 0. The zero-order chi connectivity index (χ0) is 4.12. The van der Waals surface area contributed by atoms with Gasteiger partial charge in [-0.15, -0.1) is 5.73 Å². The molecule has 0 radical (unpaired) electrons. The molecule has 1 nitrogen and oxygen atoms in total. The number of hydrogen-bond donors (Lipinski definition) is 1. The van der Waals surface area contributed by atoms with Crippen LogP contribution in [0.5, 0.6) is 0 Å². The smallest absolute Gasteiger partial charge is 0.122 e. The Labute approximate surface area is 34.1 Å². The van der Waals surface area contributed by atoms with E-state index in [1.807, 2.05) is 0 Å². The van der Waals surface area contributed by atoms with Crippen LogP contribution in [0.15, 0.2) is 18.0 Å². The third-order valence-corrected chi connectivity index (χ3v) is 0.787. The van der Waals surface area contributed by atoms with Gasteiger partial charge in [0.1, 0.15) is 9.68 Å². The first-order chi connectivity index (χ1) is 2.41. The molecule has 0 fully saturated rings. The predicted octanol–water partition coefficient (Wildman–Crippen LogP) is -0.673. The second-order valence-electron chi connectivity index (χ2n) is 0.644. The molecule has 0 rings (SSSR count). The van der Waals surface area contributed by atoms with E-state index in [9.17, 15) is 0 Å². The molecular weight excluding hydrogens is 78.1 g/mol. The molecule has 28 valence electrons. The van der Waals surface area contributed by atoms with Gasteiger partial charge in [0.2, 0.25) is 0 Å². The molecule has 0 aliphatic rings. The molecule has 2 heteroatoms. The van der Waals surface area contributed by atoms with E-state index in [-0.39, 0.29) is 9.68 Å².